The summed E-state index contributed by atoms with van der Waals surface area (Å²) in [5.74, 6) is 0.554. The van der Waals surface area contributed by atoms with Gasteiger partial charge in [0.15, 0.2) is 6.29 Å². The third-order valence-corrected chi connectivity index (χ3v) is 9.47. The number of pyridine rings is 1. The summed E-state index contributed by atoms with van der Waals surface area (Å²) >= 11 is 1.48. The number of benzene rings is 4. The summed E-state index contributed by atoms with van der Waals surface area (Å²) in [7, 11) is 0. The fourth-order valence-electron chi connectivity index (χ4n) is 5.77. The maximum Gasteiger partial charge on any atom is 0.253 e. The summed E-state index contributed by atoms with van der Waals surface area (Å²) in [6, 6.07) is 34.1. The number of aliphatic hydroxyl groups excluding tert-OH is 1. The molecule has 2 aromatic heterocycles. The van der Waals surface area contributed by atoms with Gasteiger partial charge in [-0.2, -0.15) is 4.68 Å². The molecule has 3 heterocycles. The first-order valence-electron chi connectivity index (χ1n) is 16.1. The topological polar surface area (TPSA) is 145 Å². The molecule has 4 aromatic carbocycles. The van der Waals surface area contributed by atoms with Crippen LogP contribution in [0.1, 0.15) is 51.4 Å². The quantitative estimate of drug-likeness (QED) is 0.135. The summed E-state index contributed by atoms with van der Waals surface area (Å²) in [6.07, 6.45) is 2.72. The molecule has 3 unspecified atom stereocenters. The third-order valence-electron chi connectivity index (χ3n) is 8.42. The normalized spacial score (nSPS) is 17.3. The maximum absolute atomic E-state index is 12.7. The molecule has 1 aliphatic heterocycles. The number of thioether (sulfide) groups is 1. The average Bonchev–Trinajstić information content (AvgIpc) is 3.65. The first-order valence-corrected chi connectivity index (χ1v) is 17.1. The standard InChI is InChI=1S/C38H34N6O5S/c45-23-25-7-9-27(10-8-25)35-20-33(24-50-38-41-42-43-44(38)31-15-17-32(46)18-16-31)48-37(49-35)28-13-11-26(12-14-28)34-6-2-1-4-29(34)22-40-36(47)30-5-3-19-39-21-30/h1-19,21,33,35,37,45-46H,20,22-24H2,(H,40,47). The van der Waals surface area contributed by atoms with Gasteiger partial charge in [-0.25, -0.2) is 0 Å². The van der Waals surface area contributed by atoms with E-state index in [4.69, 9.17) is 9.47 Å². The van der Waals surface area contributed by atoms with Gasteiger partial charge < -0.3 is 25.0 Å². The van der Waals surface area contributed by atoms with E-state index in [1.807, 2.05) is 72.8 Å². The fraction of sp³-hybridized carbons (Fsp3) is 0.184. The number of aromatic nitrogens is 5. The number of aliphatic hydroxyl groups is 1. The number of ether oxygens (including phenoxy) is 2. The van der Waals surface area contributed by atoms with Gasteiger partial charge in [-0.15, -0.1) is 5.10 Å². The van der Waals surface area contributed by atoms with Crippen molar-refractivity contribution >= 4 is 17.7 Å². The Morgan fingerprint density at radius 1 is 0.900 bits per heavy atom. The van der Waals surface area contributed by atoms with E-state index in [1.165, 1.54) is 11.8 Å². The first-order chi connectivity index (χ1) is 24.5. The van der Waals surface area contributed by atoms with E-state index in [0.717, 1.165) is 39.1 Å². The van der Waals surface area contributed by atoms with Gasteiger partial charge in [-0.05, 0) is 74.6 Å². The SMILES string of the molecule is O=C(NCc1ccccc1-c1ccc(C2OC(CSc3nnnn3-c3ccc(O)cc3)CC(c3ccc(CO)cc3)O2)cc1)c1cccnc1. The van der Waals surface area contributed by atoms with Crippen molar-refractivity contribution < 1.29 is 24.5 Å². The molecule has 1 fully saturated rings. The van der Waals surface area contributed by atoms with E-state index in [9.17, 15) is 15.0 Å². The van der Waals surface area contributed by atoms with Crippen molar-refractivity contribution in [2.24, 2.45) is 0 Å². The highest BCUT2D eigenvalue weighted by atomic mass is 32.2. The van der Waals surface area contributed by atoms with Crippen molar-refractivity contribution in [3.05, 3.63) is 149 Å². The van der Waals surface area contributed by atoms with E-state index < -0.39 is 6.29 Å². The lowest BCUT2D eigenvalue weighted by atomic mass is 9.97. The monoisotopic (exact) mass is 686 g/mol. The number of nitrogens with zero attached hydrogens (tertiary/aromatic N) is 5. The molecule has 7 rings (SSSR count). The van der Waals surface area contributed by atoms with Crippen molar-refractivity contribution in [3.63, 3.8) is 0 Å². The molecule has 0 saturated carbocycles. The number of amides is 1. The number of tetrazole rings is 1. The second kappa shape index (κ2) is 15.4. The third kappa shape index (κ3) is 7.74. The van der Waals surface area contributed by atoms with Crippen LogP contribution >= 0.6 is 11.8 Å². The maximum atomic E-state index is 12.7. The number of nitrogens with one attached hydrogen (secondary N) is 1. The van der Waals surface area contributed by atoms with E-state index in [0.29, 0.717) is 29.4 Å². The average molecular weight is 687 g/mol. The molecule has 0 radical (unpaired) electrons. The number of phenols is 1. The number of hydrogen-bond donors (Lipinski definition) is 3. The minimum Gasteiger partial charge on any atom is -0.508 e. The Kier molecular flexibility index (Phi) is 10.2. The molecule has 3 atom stereocenters. The second-order valence-corrected chi connectivity index (χ2v) is 12.7. The van der Waals surface area contributed by atoms with Crippen LogP contribution in [0.2, 0.25) is 0 Å². The minimum atomic E-state index is -0.631. The largest absolute Gasteiger partial charge is 0.508 e. The molecule has 252 valence electrons. The highest BCUT2D eigenvalue weighted by Gasteiger charge is 2.33. The van der Waals surface area contributed by atoms with Crippen LogP contribution < -0.4 is 5.32 Å². The van der Waals surface area contributed by atoms with Gasteiger partial charge in [0.1, 0.15) is 5.75 Å². The Labute approximate surface area is 292 Å². The van der Waals surface area contributed by atoms with Gasteiger partial charge in [0.05, 0.1) is 30.1 Å². The molecule has 3 N–H and O–H groups in total. The zero-order valence-electron chi connectivity index (χ0n) is 26.9. The molecule has 50 heavy (non-hydrogen) atoms. The van der Waals surface area contributed by atoms with Gasteiger partial charge in [0.2, 0.25) is 5.16 Å². The van der Waals surface area contributed by atoms with Crippen molar-refractivity contribution in [2.75, 3.05) is 5.75 Å². The van der Waals surface area contributed by atoms with Crippen molar-refractivity contribution in [2.45, 2.75) is 43.2 Å². The van der Waals surface area contributed by atoms with Crippen LogP contribution in [0, 0.1) is 0 Å². The summed E-state index contributed by atoms with van der Waals surface area (Å²) < 4.78 is 14.8. The molecule has 6 aromatic rings. The summed E-state index contributed by atoms with van der Waals surface area (Å²) in [6.45, 7) is 0.339. The van der Waals surface area contributed by atoms with Gasteiger partial charge in [0, 0.05) is 36.7 Å². The van der Waals surface area contributed by atoms with Crippen LogP contribution in [0.3, 0.4) is 0 Å². The van der Waals surface area contributed by atoms with Crippen molar-refractivity contribution in [1.29, 1.82) is 0 Å². The summed E-state index contributed by atoms with van der Waals surface area (Å²) in [5.41, 5.74) is 6.95. The van der Waals surface area contributed by atoms with Crippen LogP contribution in [-0.4, -0.2) is 53.2 Å². The molecule has 12 heteroatoms. The van der Waals surface area contributed by atoms with Crippen LogP contribution in [0.4, 0.5) is 0 Å². The number of rotatable bonds is 11. The molecular formula is C38H34N6O5S. The minimum absolute atomic E-state index is 0.0289. The zero-order valence-corrected chi connectivity index (χ0v) is 27.7. The van der Waals surface area contributed by atoms with Crippen LogP contribution in [0.15, 0.2) is 127 Å². The highest BCUT2D eigenvalue weighted by Crippen LogP contribution is 2.40. The van der Waals surface area contributed by atoms with E-state index >= 15 is 0 Å². The first kappa shape index (κ1) is 33.1. The molecule has 1 saturated heterocycles. The molecule has 1 amide bonds. The second-order valence-electron chi connectivity index (χ2n) is 11.8. The smallest absolute Gasteiger partial charge is 0.253 e. The van der Waals surface area contributed by atoms with E-state index in [-0.39, 0.29) is 30.5 Å². The number of carbonyl (C=O) groups is 1. The lowest BCUT2D eigenvalue weighted by Crippen LogP contribution is -2.31. The molecule has 0 aliphatic carbocycles. The van der Waals surface area contributed by atoms with Gasteiger partial charge in [0.25, 0.3) is 5.91 Å². The van der Waals surface area contributed by atoms with Crippen LogP contribution in [-0.2, 0) is 22.6 Å². The molecule has 11 nitrogen and oxygen atoms in total. The number of hydrogen-bond acceptors (Lipinski definition) is 10. The predicted octanol–water partition coefficient (Wildman–Crippen LogP) is 6.19. The Balaban J connectivity index is 1.08. The zero-order chi connectivity index (χ0) is 34.3. The highest BCUT2D eigenvalue weighted by molar-refractivity contribution is 7.99. The van der Waals surface area contributed by atoms with Crippen LogP contribution in [0.5, 0.6) is 5.75 Å². The molecule has 1 aliphatic rings. The van der Waals surface area contributed by atoms with Gasteiger partial charge >= 0.3 is 0 Å². The summed E-state index contributed by atoms with van der Waals surface area (Å²) in [4.78, 5) is 16.7. The number of aromatic hydroxyl groups is 1. The Hall–Kier alpha value is -5.40. The molecular weight excluding hydrogens is 653 g/mol. The Morgan fingerprint density at radius 3 is 2.44 bits per heavy atom. The predicted molar refractivity (Wildman–Crippen MR) is 187 cm³/mol. The lowest BCUT2D eigenvalue weighted by Gasteiger charge is -2.36. The van der Waals surface area contributed by atoms with Crippen molar-refractivity contribution in [3.8, 4) is 22.6 Å². The molecule has 0 spiro atoms. The van der Waals surface area contributed by atoms with E-state index in [1.54, 1.807) is 53.5 Å². The Morgan fingerprint density at radius 2 is 1.68 bits per heavy atom. The number of phenolic OH excluding ortho intramolecular Hbond substituents is 1. The number of carbonyl (C=O) groups excluding carboxylic acids is 1. The summed E-state index contributed by atoms with van der Waals surface area (Å²) in [5, 5.41) is 35.1. The lowest BCUT2D eigenvalue weighted by molar-refractivity contribution is -0.245. The fourth-order valence-corrected chi connectivity index (χ4v) is 6.67. The van der Waals surface area contributed by atoms with Crippen LogP contribution in [0.25, 0.3) is 16.8 Å². The molecule has 0 bridgehead atoms. The van der Waals surface area contributed by atoms with Gasteiger partial charge in [-0.3, -0.25) is 9.78 Å². The Bertz CT molecular complexity index is 2020. The van der Waals surface area contributed by atoms with Crippen molar-refractivity contribution in [1.82, 2.24) is 30.5 Å². The van der Waals surface area contributed by atoms with E-state index in [2.05, 4.69) is 25.8 Å². The van der Waals surface area contributed by atoms with Gasteiger partial charge in [-0.1, -0.05) is 84.6 Å².